The van der Waals surface area contributed by atoms with Crippen molar-refractivity contribution in [1.29, 1.82) is 0 Å². The third-order valence-electron chi connectivity index (χ3n) is 21.0. The number of phosphoric ester groups is 2. The van der Waals surface area contributed by atoms with Crippen molar-refractivity contribution in [3.8, 4) is 0 Å². The molecule has 0 saturated carbocycles. The van der Waals surface area contributed by atoms with Crippen molar-refractivity contribution in [2.75, 3.05) is 79.0 Å². The normalized spacial score (nSPS) is 13.6. The van der Waals surface area contributed by atoms with Gasteiger partial charge in [0, 0.05) is 65.7 Å². The van der Waals surface area contributed by atoms with Crippen LogP contribution in [0.4, 0.5) is 4.79 Å². The van der Waals surface area contributed by atoms with E-state index in [0.29, 0.717) is 38.8 Å². The molecule has 0 aliphatic rings. The quantitative estimate of drug-likeness (QED) is 0.0191. The number of urea groups is 1. The van der Waals surface area contributed by atoms with Gasteiger partial charge in [0.25, 0.3) is 0 Å². The van der Waals surface area contributed by atoms with Crippen molar-refractivity contribution in [3.05, 3.63) is 0 Å². The Morgan fingerprint density at radius 2 is 0.562 bits per heavy atom. The summed E-state index contributed by atoms with van der Waals surface area (Å²) in [6.45, 7) is 15.5. The Balaban J connectivity index is -0.00000990. The zero-order valence-electron chi connectivity index (χ0n) is 76.1. The number of hydrogen-bond acceptors (Lipinski definition) is 15. The van der Waals surface area contributed by atoms with Gasteiger partial charge < -0.3 is 52.0 Å². The van der Waals surface area contributed by atoms with E-state index in [4.69, 9.17) is 37.0 Å². The van der Waals surface area contributed by atoms with E-state index in [9.17, 15) is 42.9 Å². The number of hydrogen-bond donors (Lipinski definition) is 4. The second-order valence-corrected chi connectivity index (χ2v) is 34.3. The van der Waals surface area contributed by atoms with E-state index in [1.54, 1.807) is 9.80 Å². The summed E-state index contributed by atoms with van der Waals surface area (Å²) in [5.41, 5.74) is 0. The monoisotopic (exact) mass is 1660 g/mol. The van der Waals surface area contributed by atoms with Crippen LogP contribution in [0.25, 0.3) is 0 Å². The van der Waals surface area contributed by atoms with Crippen LogP contribution in [0.5, 0.6) is 0 Å². The minimum absolute atomic E-state index is 0. The van der Waals surface area contributed by atoms with Crippen molar-refractivity contribution < 1.29 is 142 Å². The van der Waals surface area contributed by atoms with Crippen molar-refractivity contribution in [1.82, 2.24) is 20.4 Å². The second kappa shape index (κ2) is 85.3. The molecule has 0 aliphatic heterocycles. The molecule has 0 bridgehead atoms. The number of nitrogens with zero attached hydrogens (tertiary/aromatic N) is 2. The van der Waals surface area contributed by atoms with Gasteiger partial charge in [-0.3, -0.25) is 37.3 Å². The number of ether oxygens (including phenoxy) is 4. The third-order valence-corrected chi connectivity index (χ3v) is 22.9. The summed E-state index contributed by atoms with van der Waals surface area (Å²) in [6.07, 6.45) is 62.1. The fourth-order valence-corrected chi connectivity index (χ4v) is 15.6. The Kier molecular flexibility index (Phi) is 87.9. The molecule has 0 fully saturated rings. The molecule has 0 spiro atoms. The minimum Gasteiger partial charge on any atom is -1.00 e. The molecule has 0 aliphatic carbocycles. The standard InChI is InChI=1S/C87H172N4O17P2.2Na.2H/c1-9-15-21-27-31-35-37-39-43-47-53-59-69-90(79(7)92)81(75-101-71-65-83(61-55-49-25-19-13-5)107-85(94)63-57-51-45-41-33-29-23-17-11-3)77-105-109(97,98)103-73-67-88-87(96)89-68-74-104-110(99,100)106-78-82(91(80(8)93)70-60-54-48-44-40-38-36-32-28-22-16-10-2)76-102-72-66-84(62-56-50-26-20-14-6)108-86(95)64-58-52-46-42-34-30-24-18-12-4;;;;/h81-84H,9-78H2,1-8H3,(H,97,98)(H,99,100)(H2,88,89,96);;;;/q;2*+1;2*-1/t81-,82-,83-,84-;;;;/m1..../s1. The molecule has 4 amide bonds. The zero-order chi connectivity index (χ0) is 80.9. The topological polar surface area (TPSA) is 264 Å². The first-order chi connectivity index (χ1) is 53.4. The number of rotatable bonds is 86. The van der Waals surface area contributed by atoms with Gasteiger partial charge in [-0.15, -0.1) is 0 Å². The molecule has 112 heavy (non-hydrogen) atoms. The fourth-order valence-electron chi connectivity index (χ4n) is 14.0. The maximum atomic E-state index is 13.4. The number of carbonyl (C=O) groups is 5. The first kappa shape index (κ1) is 115. The van der Waals surface area contributed by atoms with Gasteiger partial charge in [0.05, 0.1) is 64.9 Å². The average Bonchev–Trinajstić information content (AvgIpc) is 0.882. The predicted molar refractivity (Wildman–Crippen MR) is 453 cm³/mol. The molecule has 4 N–H and O–H groups in total. The molecule has 0 saturated heterocycles. The van der Waals surface area contributed by atoms with Crippen LogP contribution >= 0.6 is 15.6 Å². The van der Waals surface area contributed by atoms with E-state index in [1.165, 1.54) is 194 Å². The van der Waals surface area contributed by atoms with E-state index >= 15 is 0 Å². The number of nitrogens with one attached hydrogen (secondary N) is 2. The first-order valence-electron chi connectivity index (χ1n) is 45.7. The molecule has 0 aromatic rings. The molecule has 6 atom stereocenters. The van der Waals surface area contributed by atoms with Gasteiger partial charge >= 0.3 is 92.7 Å². The Morgan fingerprint density at radius 3 is 0.821 bits per heavy atom. The summed E-state index contributed by atoms with van der Waals surface area (Å²) in [5.74, 6) is -0.829. The summed E-state index contributed by atoms with van der Waals surface area (Å²) in [6, 6.07) is -2.18. The van der Waals surface area contributed by atoms with Gasteiger partial charge in [0.15, 0.2) is 0 Å². The minimum atomic E-state index is -4.73. The summed E-state index contributed by atoms with van der Waals surface area (Å²) in [5, 5.41) is 5.06. The smallest absolute Gasteiger partial charge is 1.00 e. The average molecular weight is 1660 g/mol. The van der Waals surface area contributed by atoms with Crippen LogP contribution in [0.2, 0.25) is 0 Å². The van der Waals surface area contributed by atoms with E-state index in [1.807, 2.05) is 0 Å². The second-order valence-electron chi connectivity index (χ2n) is 31.4. The third kappa shape index (κ3) is 76.7. The van der Waals surface area contributed by atoms with Crippen LogP contribution in [-0.2, 0) is 65.4 Å². The van der Waals surface area contributed by atoms with Crippen molar-refractivity contribution in [3.63, 3.8) is 0 Å². The summed E-state index contributed by atoms with van der Waals surface area (Å²) < 4.78 is 73.1. The van der Waals surface area contributed by atoms with Gasteiger partial charge in [-0.2, -0.15) is 0 Å². The molecule has 0 radical (unpaired) electrons. The SMILES string of the molecule is CCCCCCCCCCCCCCN(C(C)=O)[C@H](COCC[C@@H](CCCCCCC)OC(=O)CCCCCCCCCCC)COP(=O)(O)OCCNC(=O)NCCOP(=O)(O)OC[C@@H](COCC[C@@H](CCCCCCC)OC(=O)CCCCCCCCCCC)N(CCCCCCCCCCCCCC)C(C)=O.[H-].[H-].[Na+].[Na+]. The van der Waals surface area contributed by atoms with E-state index < -0.39 is 47.0 Å². The number of unbranched alkanes of at least 4 members (excludes halogenated alkanes) is 46. The number of carbonyl (C=O) groups excluding carboxylic acids is 5. The first-order valence-corrected chi connectivity index (χ1v) is 48.7. The molecular weight excluding hydrogens is 1480 g/mol. The van der Waals surface area contributed by atoms with Crippen LogP contribution in [-0.4, -0.2) is 153 Å². The van der Waals surface area contributed by atoms with E-state index in [0.717, 1.165) is 167 Å². The van der Waals surface area contributed by atoms with Crippen LogP contribution in [0.15, 0.2) is 0 Å². The van der Waals surface area contributed by atoms with Crippen molar-refractivity contribution >= 4 is 45.4 Å². The molecule has 0 rings (SSSR count). The maximum absolute atomic E-state index is 13.4. The fraction of sp³-hybridized carbons (Fsp3) is 0.943. The Bertz CT molecular complexity index is 2090. The molecule has 21 nitrogen and oxygen atoms in total. The van der Waals surface area contributed by atoms with Crippen LogP contribution in [0.3, 0.4) is 0 Å². The number of esters is 2. The molecule has 0 aromatic carbocycles. The number of amides is 4. The Morgan fingerprint density at radius 1 is 0.321 bits per heavy atom. The summed E-state index contributed by atoms with van der Waals surface area (Å²) >= 11 is 0. The Labute approximate surface area is 733 Å². The zero-order valence-corrected chi connectivity index (χ0v) is 79.9. The molecule has 25 heteroatoms. The molecule has 0 aromatic heterocycles. The summed E-state index contributed by atoms with van der Waals surface area (Å²) in [7, 11) is -9.46. The van der Waals surface area contributed by atoms with Crippen LogP contribution in [0.1, 0.15) is 431 Å². The van der Waals surface area contributed by atoms with Crippen molar-refractivity contribution in [2.45, 2.75) is 452 Å². The number of phosphoric acid groups is 2. The van der Waals surface area contributed by atoms with Crippen molar-refractivity contribution in [2.24, 2.45) is 0 Å². The van der Waals surface area contributed by atoms with Gasteiger partial charge in [-0.25, -0.2) is 13.9 Å². The van der Waals surface area contributed by atoms with Gasteiger partial charge in [-0.1, -0.05) is 337 Å². The van der Waals surface area contributed by atoms with Crippen LogP contribution in [0, 0.1) is 0 Å². The maximum Gasteiger partial charge on any atom is 1.00 e. The Hall–Kier alpha value is -0.710. The summed E-state index contributed by atoms with van der Waals surface area (Å²) in [4.78, 5) is 91.0. The molecule has 0 heterocycles. The van der Waals surface area contributed by atoms with Gasteiger partial charge in [-0.05, 0) is 51.4 Å². The van der Waals surface area contributed by atoms with Crippen LogP contribution < -0.4 is 69.7 Å². The molecule has 2 unspecified atom stereocenters. The van der Waals surface area contributed by atoms with E-state index in [-0.39, 0.29) is 151 Å². The largest absolute Gasteiger partial charge is 1.00 e. The predicted octanol–water partition coefficient (Wildman–Crippen LogP) is 17.8. The van der Waals surface area contributed by atoms with E-state index in [2.05, 4.69) is 52.2 Å². The molecule has 656 valence electrons. The molecular formula is C87H174N4Na2O17P2. The van der Waals surface area contributed by atoms with Gasteiger partial charge in [0.1, 0.15) is 12.2 Å². The van der Waals surface area contributed by atoms with Gasteiger partial charge in [0.2, 0.25) is 11.8 Å².